The molecule has 27 heavy (non-hydrogen) atoms. The molecule has 1 aliphatic heterocycles. The summed E-state index contributed by atoms with van der Waals surface area (Å²) < 4.78 is 30.4. The summed E-state index contributed by atoms with van der Waals surface area (Å²) >= 11 is 0. The van der Waals surface area contributed by atoms with Gasteiger partial charge in [-0.25, -0.2) is 8.42 Å². The quantitative estimate of drug-likeness (QED) is 0.652. The van der Waals surface area contributed by atoms with Gasteiger partial charge in [-0.3, -0.25) is 9.78 Å². The topological polar surface area (TPSA) is 72.3 Å². The van der Waals surface area contributed by atoms with Crippen LogP contribution in [0.25, 0.3) is 0 Å². The zero-order chi connectivity index (χ0) is 19.0. The molecule has 0 saturated heterocycles. The fourth-order valence-electron chi connectivity index (χ4n) is 3.50. The SMILES string of the molecule is CC(=O)c1ccc(S(=O)(=O)N2CCn3cccc3C2c2ccncc2)cc1. The van der Waals surface area contributed by atoms with E-state index in [0.29, 0.717) is 18.7 Å². The number of aromatic nitrogens is 2. The van der Waals surface area contributed by atoms with E-state index in [2.05, 4.69) is 9.55 Å². The molecule has 2 aromatic heterocycles. The summed E-state index contributed by atoms with van der Waals surface area (Å²) in [4.78, 5) is 15.7. The third-order valence-corrected chi connectivity index (χ3v) is 6.76. The van der Waals surface area contributed by atoms with Crippen molar-refractivity contribution in [2.24, 2.45) is 0 Å². The first-order chi connectivity index (χ1) is 13.0. The van der Waals surface area contributed by atoms with Gasteiger partial charge in [-0.15, -0.1) is 0 Å². The Bertz CT molecular complexity index is 1070. The first-order valence-electron chi connectivity index (χ1n) is 8.66. The molecule has 138 valence electrons. The van der Waals surface area contributed by atoms with Crippen LogP contribution < -0.4 is 0 Å². The Balaban J connectivity index is 1.80. The fourth-order valence-corrected chi connectivity index (χ4v) is 5.08. The number of Topliss-reactive ketones (excluding diaryl/α,β-unsaturated/α-hetero) is 1. The maximum absolute atomic E-state index is 13.4. The Labute approximate surface area is 158 Å². The summed E-state index contributed by atoms with van der Waals surface area (Å²) in [6, 6.07) is 13.3. The maximum Gasteiger partial charge on any atom is 0.244 e. The number of hydrogen-bond acceptors (Lipinski definition) is 4. The molecule has 3 aromatic rings. The van der Waals surface area contributed by atoms with Crippen LogP contribution in [0.3, 0.4) is 0 Å². The first-order valence-corrected chi connectivity index (χ1v) is 10.1. The highest BCUT2D eigenvalue weighted by molar-refractivity contribution is 7.89. The molecule has 1 aromatic carbocycles. The predicted octanol–water partition coefficient (Wildman–Crippen LogP) is 2.88. The third kappa shape index (κ3) is 3.09. The van der Waals surface area contributed by atoms with Crippen molar-refractivity contribution in [1.29, 1.82) is 0 Å². The Morgan fingerprint density at radius 3 is 2.41 bits per heavy atom. The third-order valence-electron chi connectivity index (χ3n) is 4.88. The summed E-state index contributed by atoms with van der Waals surface area (Å²) in [5.74, 6) is -0.0931. The van der Waals surface area contributed by atoms with Crippen molar-refractivity contribution >= 4 is 15.8 Å². The highest BCUT2D eigenvalue weighted by Gasteiger charge is 2.37. The summed E-state index contributed by atoms with van der Waals surface area (Å²) in [7, 11) is -3.73. The van der Waals surface area contributed by atoms with Crippen molar-refractivity contribution in [3.8, 4) is 0 Å². The molecular weight excluding hydrogens is 362 g/mol. The Morgan fingerprint density at radius 1 is 1.04 bits per heavy atom. The van der Waals surface area contributed by atoms with Gasteiger partial charge >= 0.3 is 0 Å². The van der Waals surface area contributed by atoms with Crippen LogP contribution in [-0.2, 0) is 16.6 Å². The minimum atomic E-state index is -3.73. The lowest BCUT2D eigenvalue weighted by Crippen LogP contribution is -2.42. The standard InChI is InChI=1S/C20H19N3O3S/c1-15(24)16-4-6-18(7-5-16)27(25,26)23-14-13-22-12-2-3-19(22)20(23)17-8-10-21-11-9-17/h2-12,20H,13-14H2,1H3. The second-order valence-corrected chi connectivity index (χ2v) is 8.40. The number of hydrogen-bond donors (Lipinski definition) is 0. The molecule has 0 amide bonds. The van der Waals surface area contributed by atoms with E-state index in [-0.39, 0.29) is 10.7 Å². The Morgan fingerprint density at radius 2 is 1.74 bits per heavy atom. The molecule has 0 fully saturated rings. The number of carbonyl (C=O) groups is 1. The van der Waals surface area contributed by atoms with Crippen LogP contribution in [0, 0.1) is 0 Å². The number of sulfonamides is 1. The molecule has 1 aliphatic rings. The van der Waals surface area contributed by atoms with Crippen LogP contribution >= 0.6 is 0 Å². The van der Waals surface area contributed by atoms with Crippen LogP contribution in [0.5, 0.6) is 0 Å². The van der Waals surface area contributed by atoms with Crippen molar-refractivity contribution in [2.45, 2.75) is 24.4 Å². The van der Waals surface area contributed by atoms with Gasteiger partial charge in [0.25, 0.3) is 0 Å². The second kappa shape index (κ2) is 6.75. The number of pyridine rings is 1. The van der Waals surface area contributed by atoms with E-state index in [9.17, 15) is 13.2 Å². The van der Waals surface area contributed by atoms with E-state index in [4.69, 9.17) is 0 Å². The Hall–Kier alpha value is -2.77. The smallest absolute Gasteiger partial charge is 0.244 e. The largest absolute Gasteiger partial charge is 0.348 e. The number of rotatable bonds is 4. The molecule has 0 spiro atoms. The van der Waals surface area contributed by atoms with Crippen molar-refractivity contribution in [2.75, 3.05) is 6.54 Å². The van der Waals surface area contributed by atoms with Gasteiger partial charge in [-0.05, 0) is 48.9 Å². The molecule has 1 atom stereocenters. The minimum absolute atomic E-state index is 0.0931. The molecule has 4 rings (SSSR count). The highest BCUT2D eigenvalue weighted by Crippen LogP contribution is 2.36. The van der Waals surface area contributed by atoms with Gasteiger partial charge < -0.3 is 4.57 Å². The summed E-state index contributed by atoms with van der Waals surface area (Å²) in [6.07, 6.45) is 5.31. The van der Waals surface area contributed by atoms with Crippen molar-refractivity contribution < 1.29 is 13.2 Å². The number of carbonyl (C=O) groups excluding carboxylic acids is 1. The molecule has 0 N–H and O–H groups in total. The van der Waals surface area contributed by atoms with Crippen LogP contribution in [0.1, 0.15) is 34.6 Å². The normalized spacial score (nSPS) is 17.4. The molecule has 1 unspecified atom stereocenters. The van der Waals surface area contributed by atoms with Gasteiger partial charge in [0.1, 0.15) is 0 Å². The molecule has 0 bridgehead atoms. The van der Waals surface area contributed by atoms with Gasteiger partial charge in [0, 0.05) is 42.9 Å². The molecule has 7 heteroatoms. The zero-order valence-corrected chi connectivity index (χ0v) is 15.6. The average molecular weight is 381 g/mol. The molecule has 0 saturated carbocycles. The molecule has 6 nitrogen and oxygen atoms in total. The second-order valence-electron chi connectivity index (χ2n) is 6.51. The van der Waals surface area contributed by atoms with Gasteiger partial charge in [-0.1, -0.05) is 12.1 Å². The van der Waals surface area contributed by atoms with Crippen LogP contribution in [0.15, 0.2) is 72.0 Å². The summed E-state index contributed by atoms with van der Waals surface area (Å²) in [5, 5.41) is 0. The van der Waals surface area contributed by atoms with E-state index in [1.807, 2.05) is 30.5 Å². The van der Waals surface area contributed by atoms with Gasteiger partial charge in [0.05, 0.1) is 10.9 Å². The van der Waals surface area contributed by atoms with E-state index in [1.165, 1.54) is 23.4 Å². The van der Waals surface area contributed by atoms with Crippen LogP contribution in [0.4, 0.5) is 0 Å². The monoisotopic (exact) mass is 381 g/mol. The lowest BCUT2D eigenvalue weighted by molar-refractivity contribution is 0.101. The first kappa shape index (κ1) is 17.6. The van der Waals surface area contributed by atoms with Gasteiger partial charge in [0.15, 0.2) is 5.78 Å². The molecule has 0 aliphatic carbocycles. The minimum Gasteiger partial charge on any atom is -0.348 e. The Kier molecular flexibility index (Phi) is 4.41. The summed E-state index contributed by atoms with van der Waals surface area (Å²) in [6.45, 7) is 2.42. The number of fused-ring (bicyclic) bond motifs is 1. The van der Waals surface area contributed by atoms with Crippen molar-refractivity contribution in [1.82, 2.24) is 13.9 Å². The van der Waals surface area contributed by atoms with Gasteiger partial charge in [-0.2, -0.15) is 4.31 Å². The maximum atomic E-state index is 13.4. The number of benzene rings is 1. The van der Waals surface area contributed by atoms with E-state index < -0.39 is 16.1 Å². The van der Waals surface area contributed by atoms with E-state index in [1.54, 1.807) is 24.5 Å². The lowest BCUT2D eigenvalue weighted by Gasteiger charge is -2.36. The molecule has 0 radical (unpaired) electrons. The summed E-state index contributed by atoms with van der Waals surface area (Å²) in [5.41, 5.74) is 2.29. The highest BCUT2D eigenvalue weighted by atomic mass is 32.2. The van der Waals surface area contributed by atoms with Crippen LogP contribution in [0.2, 0.25) is 0 Å². The van der Waals surface area contributed by atoms with Crippen molar-refractivity contribution in [3.05, 3.63) is 83.9 Å². The fraction of sp³-hybridized carbons (Fsp3) is 0.200. The zero-order valence-electron chi connectivity index (χ0n) is 14.8. The number of ketones is 1. The van der Waals surface area contributed by atoms with Gasteiger partial charge in [0.2, 0.25) is 10.0 Å². The molecular formula is C20H19N3O3S. The van der Waals surface area contributed by atoms with Crippen LogP contribution in [-0.4, -0.2) is 34.6 Å². The number of nitrogens with zero attached hydrogens (tertiary/aromatic N) is 3. The average Bonchev–Trinajstić information content (AvgIpc) is 3.16. The lowest BCUT2D eigenvalue weighted by atomic mass is 10.0. The van der Waals surface area contributed by atoms with Crippen molar-refractivity contribution in [3.63, 3.8) is 0 Å². The molecule has 3 heterocycles. The van der Waals surface area contributed by atoms with E-state index in [0.717, 1.165) is 11.3 Å². The predicted molar refractivity (Wildman–Crippen MR) is 101 cm³/mol. The van der Waals surface area contributed by atoms with E-state index >= 15 is 0 Å².